The van der Waals surface area contributed by atoms with Gasteiger partial charge in [0.1, 0.15) is 6.61 Å². The van der Waals surface area contributed by atoms with E-state index in [0.717, 1.165) is 18.4 Å². The Morgan fingerprint density at radius 1 is 0.944 bits per heavy atom. The Balaban J connectivity index is 1.53. The van der Waals surface area contributed by atoms with Crippen LogP contribution in [-0.4, -0.2) is 38.0 Å². The van der Waals surface area contributed by atoms with Gasteiger partial charge in [-0.1, -0.05) is 112 Å². The quantitative estimate of drug-likeness (QED) is 0.358. The molecule has 1 aliphatic rings. The summed E-state index contributed by atoms with van der Waals surface area (Å²) in [7, 11) is -2.66. The van der Waals surface area contributed by atoms with Gasteiger partial charge in [0.25, 0.3) is 8.32 Å². The van der Waals surface area contributed by atoms with Crippen LogP contribution in [0, 0.1) is 6.42 Å². The van der Waals surface area contributed by atoms with Crippen molar-refractivity contribution in [1.82, 2.24) is 4.90 Å². The van der Waals surface area contributed by atoms with Gasteiger partial charge in [0.2, 0.25) is 0 Å². The van der Waals surface area contributed by atoms with Crippen molar-refractivity contribution in [2.45, 2.75) is 64.3 Å². The number of amides is 1. The SMILES string of the molecule is C[C@@H]([CH][C@H]1CCCN1C(=O)OCc1ccccc1)O[Si](c1ccccc1)(c1ccccc1)C(C)(C)C. The molecule has 0 aromatic heterocycles. The summed E-state index contributed by atoms with van der Waals surface area (Å²) in [6.45, 7) is 9.97. The number of carbonyl (C=O) groups excluding carboxylic acids is 1. The van der Waals surface area contributed by atoms with Gasteiger partial charge < -0.3 is 14.1 Å². The predicted molar refractivity (Wildman–Crippen MR) is 149 cm³/mol. The number of ether oxygens (including phenoxy) is 1. The van der Waals surface area contributed by atoms with E-state index in [9.17, 15) is 4.79 Å². The molecular weight excluding hydrogens is 462 g/mol. The molecule has 0 bridgehead atoms. The molecule has 4 nitrogen and oxygen atoms in total. The van der Waals surface area contributed by atoms with Crippen LogP contribution in [0.25, 0.3) is 0 Å². The van der Waals surface area contributed by atoms with E-state index in [1.54, 1.807) is 0 Å². The number of rotatable bonds is 8. The molecule has 0 N–H and O–H groups in total. The van der Waals surface area contributed by atoms with Crippen LogP contribution in [0.15, 0.2) is 91.0 Å². The minimum atomic E-state index is -2.66. The molecule has 3 aromatic rings. The highest BCUT2D eigenvalue weighted by molar-refractivity contribution is 6.99. The van der Waals surface area contributed by atoms with Crippen molar-refractivity contribution in [3.8, 4) is 0 Å². The fourth-order valence-electron chi connectivity index (χ4n) is 5.34. The second kappa shape index (κ2) is 11.4. The summed E-state index contributed by atoms with van der Waals surface area (Å²) < 4.78 is 12.9. The fraction of sp³-hybridized carbons (Fsp3) is 0.355. The van der Waals surface area contributed by atoms with Gasteiger partial charge >= 0.3 is 6.09 Å². The Kier molecular flexibility index (Phi) is 8.32. The molecule has 0 unspecified atom stereocenters. The molecule has 2 atom stereocenters. The van der Waals surface area contributed by atoms with Gasteiger partial charge in [-0.15, -0.1) is 0 Å². The summed E-state index contributed by atoms with van der Waals surface area (Å²) in [5.74, 6) is 0. The maximum absolute atomic E-state index is 12.9. The van der Waals surface area contributed by atoms with Crippen LogP contribution < -0.4 is 10.4 Å². The van der Waals surface area contributed by atoms with Gasteiger partial charge in [0.05, 0.1) is 0 Å². The molecule has 1 radical (unpaired) electrons. The lowest BCUT2D eigenvalue weighted by Crippen LogP contribution is -2.67. The first kappa shape index (κ1) is 26.2. The molecule has 1 heterocycles. The highest BCUT2D eigenvalue weighted by Gasteiger charge is 2.51. The molecule has 1 fully saturated rings. The van der Waals surface area contributed by atoms with E-state index in [2.05, 4.69) is 94.8 Å². The zero-order valence-electron chi connectivity index (χ0n) is 21.9. The molecular formula is C31H38NO3Si. The highest BCUT2D eigenvalue weighted by atomic mass is 28.4. The van der Waals surface area contributed by atoms with E-state index < -0.39 is 8.32 Å². The first-order chi connectivity index (χ1) is 17.3. The Morgan fingerprint density at radius 3 is 2.00 bits per heavy atom. The van der Waals surface area contributed by atoms with E-state index in [4.69, 9.17) is 9.16 Å². The minimum absolute atomic E-state index is 0.00138. The zero-order chi connectivity index (χ0) is 25.6. The van der Waals surface area contributed by atoms with E-state index >= 15 is 0 Å². The minimum Gasteiger partial charge on any atom is -0.445 e. The normalized spacial score (nSPS) is 17.1. The van der Waals surface area contributed by atoms with E-state index in [1.807, 2.05) is 35.2 Å². The third-order valence-electron chi connectivity index (χ3n) is 7.01. The highest BCUT2D eigenvalue weighted by Crippen LogP contribution is 2.38. The molecule has 189 valence electrons. The lowest BCUT2D eigenvalue weighted by Gasteiger charge is -2.45. The lowest BCUT2D eigenvalue weighted by atomic mass is 10.1. The zero-order valence-corrected chi connectivity index (χ0v) is 22.9. The second-order valence-electron chi connectivity index (χ2n) is 10.6. The smallest absolute Gasteiger partial charge is 0.410 e. The standard InChI is InChI=1S/C31H38NO3Si/c1-25(23-27-17-14-22-32(27)30(33)34-24-26-15-8-5-9-16-26)35-36(31(2,3)4,28-18-10-6-11-19-28)29-20-12-7-13-21-29/h5-13,15-16,18-21,23,25,27H,14,17,22,24H2,1-4H3/t25-,27+/m0/s1. The van der Waals surface area contributed by atoms with Crippen molar-refractivity contribution >= 4 is 24.8 Å². The number of likely N-dealkylation sites (tertiary alicyclic amines) is 1. The number of benzene rings is 3. The summed E-state index contributed by atoms with van der Waals surface area (Å²) in [5.41, 5.74) is 0.994. The van der Waals surface area contributed by atoms with Crippen LogP contribution in [-0.2, 0) is 15.8 Å². The Hall–Kier alpha value is -2.89. The molecule has 5 heteroatoms. The van der Waals surface area contributed by atoms with Gasteiger partial charge in [0.15, 0.2) is 0 Å². The summed E-state index contributed by atoms with van der Waals surface area (Å²) in [6, 6.07) is 31.2. The molecule has 3 aromatic carbocycles. The van der Waals surface area contributed by atoms with Crippen LogP contribution in [0.1, 0.15) is 46.1 Å². The maximum atomic E-state index is 12.9. The van der Waals surface area contributed by atoms with Crippen molar-refractivity contribution in [3.63, 3.8) is 0 Å². The summed E-state index contributed by atoms with van der Waals surface area (Å²) in [6.07, 6.45) is 3.71. The van der Waals surface area contributed by atoms with E-state index in [1.165, 1.54) is 10.4 Å². The van der Waals surface area contributed by atoms with Crippen LogP contribution in [0.3, 0.4) is 0 Å². The van der Waals surface area contributed by atoms with Crippen molar-refractivity contribution in [2.75, 3.05) is 6.54 Å². The van der Waals surface area contributed by atoms with E-state index in [0.29, 0.717) is 6.54 Å². The molecule has 1 saturated heterocycles. The molecule has 4 rings (SSSR count). The number of hydrogen-bond acceptors (Lipinski definition) is 3. The van der Waals surface area contributed by atoms with Crippen molar-refractivity contribution in [1.29, 1.82) is 0 Å². The van der Waals surface area contributed by atoms with Gasteiger partial charge in [0, 0.05) is 25.1 Å². The first-order valence-corrected chi connectivity index (χ1v) is 14.8. The largest absolute Gasteiger partial charge is 0.445 e. The van der Waals surface area contributed by atoms with Crippen LogP contribution >= 0.6 is 0 Å². The van der Waals surface area contributed by atoms with Gasteiger partial charge in [-0.05, 0) is 40.7 Å². The van der Waals surface area contributed by atoms with E-state index in [-0.39, 0.29) is 29.9 Å². The summed E-state index contributed by atoms with van der Waals surface area (Å²) in [5, 5.41) is 2.42. The molecule has 36 heavy (non-hydrogen) atoms. The Morgan fingerprint density at radius 2 is 1.47 bits per heavy atom. The molecule has 0 spiro atoms. The number of hydrogen-bond donors (Lipinski definition) is 0. The average Bonchev–Trinajstić information content (AvgIpc) is 3.35. The average molecular weight is 501 g/mol. The Bertz CT molecular complexity index is 1060. The third kappa shape index (κ3) is 5.74. The van der Waals surface area contributed by atoms with Gasteiger partial charge in [-0.25, -0.2) is 4.79 Å². The van der Waals surface area contributed by atoms with Crippen LogP contribution in [0.5, 0.6) is 0 Å². The number of nitrogens with zero attached hydrogens (tertiary/aromatic N) is 1. The van der Waals surface area contributed by atoms with Crippen LogP contribution in [0.4, 0.5) is 4.79 Å². The third-order valence-corrected chi connectivity index (χ3v) is 12.1. The fourth-order valence-corrected chi connectivity index (χ4v) is 9.99. The Labute approximate surface area is 217 Å². The number of carbonyl (C=O) groups is 1. The van der Waals surface area contributed by atoms with Crippen LogP contribution in [0.2, 0.25) is 5.04 Å². The monoisotopic (exact) mass is 500 g/mol. The lowest BCUT2D eigenvalue weighted by molar-refractivity contribution is 0.0922. The maximum Gasteiger partial charge on any atom is 0.410 e. The van der Waals surface area contributed by atoms with Crippen molar-refractivity contribution in [2.24, 2.45) is 0 Å². The van der Waals surface area contributed by atoms with Gasteiger partial charge in [-0.3, -0.25) is 0 Å². The first-order valence-electron chi connectivity index (χ1n) is 12.9. The topological polar surface area (TPSA) is 38.8 Å². The molecule has 0 saturated carbocycles. The van der Waals surface area contributed by atoms with Crippen molar-refractivity contribution in [3.05, 3.63) is 103 Å². The molecule has 1 amide bonds. The van der Waals surface area contributed by atoms with Crippen molar-refractivity contribution < 1.29 is 14.0 Å². The predicted octanol–water partition coefficient (Wildman–Crippen LogP) is 5.96. The summed E-state index contributed by atoms with van der Waals surface area (Å²) >= 11 is 0. The molecule has 1 aliphatic heterocycles. The van der Waals surface area contributed by atoms with Gasteiger partial charge in [-0.2, -0.15) is 0 Å². The summed E-state index contributed by atoms with van der Waals surface area (Å²) in [4.78, 5) is 14.8. The second-order valence-corrected chi connectivity index (χ2v) is 14.9. The molecule has 0 aliphatic carbocycles.